The zero-order valence-electron chi connectivity index (χ0n) is 10.1. The minimum Gasteiger partial charge on any atom is -0.453 e. The second kappa shape index (κ2) is 7.94. The molecule has 0 bridgehead atoms. The number of benzene rings is 1. The van der Waals surface area contributed by atoms with Gasteiger partial charge >= 0.3 is 12.2 Å². The van der Waals surface area contributed by atoms with Crippen molar-refractivity contribution < 1.29 is 19.1 Å². The fourth-order valence-electron chi connectivity index (χ4n) is 1.18. The van der Waals surface area contributed by atoms with Crippen LogP contribution in [0.1, 0.15) is 5.56 Å². The fourth-order valence-corrected chi connectivity index (χ4v) is 1.18. The normalized spacial score (nSPS) is 9.39. The van der Waals surface area contributed by atoms with E-state index in [0.717, 1.165) is 5.56 Å². The molecule has 0 aliphatic heterocycles. The molecule has 0 aliphatic carbocycles. The molecule has 2 N–H and O–H groups in total. The Morgan fingerprint density at radius 1 is 1.06 bits per heavy atom. The van der Waals surface area contributed by atoms with E-state index in [-0.39, 0.29) is 19.7 Å². The van der Waals surface area contributed by atoms with E-state index in [1.165, 1.54) is 7.11 Å². The number of nitrogens with one attached hydrogen (secondary N) is 2. The van der Waals surface area contributed by atoms with Gasteiger partial charge in [0.1, 0.15) is 6.61 Å². The minimum absolute atomic E-state index is 0.219. The van der Waals surface area contributed by atoms with E-state index in [4.69, 9.17) is 4.74 Å². The lowest BCUT2D eigenvalue weighted by atomic mass is 10.2. The summed E-state index contributed by atoms with van der Waals surface area (Å²) in [4.78, 5) is 21.9. The molecule has 0 radical (unpaired) electrons. The van der Waals surface area contributed by atoms with Gasteiger partial charge in [0.2, 0.25) is 0 Å². The molecule has 6 heteroatoms. The molecule has 2 amide bonds. The molecule has 6 nitrogen and oxygen atoms in total. The highest BCUT2D eigenvalue weighted by atomic mass is 16.5. The predicted octanol–water partition coefficient (Wildman–Crippen LogP) is 1.27. The van der Waals surface area contributed by atoms with Gasteiger partial charge in [-0.1, -0.05) is 30.3 Å². The van der Waals surface area contributed by atoms with Gasteiger partial charge in [-0.3, -0.25) is 0 Å². The Labute approximate surface area is 105 Å². The molecule has 1 aromatic carbocycles. The Balaban J connectivity index is 2.09. The molecular formula is C12H16N2O4. The van der Waals surface area contributed by atoms with Gasteiger partial charge in [-0.2, -0.15) is 0 Å². The lowest BCUT2D eigenvalue weighted by Gasteiger charge is -2.07. The molecule has 18 heavy (non-hydrogen) atoms. The van der Waals surface area contributed by atoms with Crippen LogP contribution >= 0.6 is 0 Å². The monoisotopic (exact) mass is 252 g/mol. The molecule has 0 aromatic heterocycles. The average Bonchev–Trinajstić information content (AvgIpc) is 2.42. The van der Waals surface area contributed by atoms with Crippen molar-refractivity contribution in [2.75, 3.05) is 20.2 Å². The molecule has 0 fully saturated rings. The van der Waals surface area contributed by atoms with Crippen molar-refractivity contribution in [3.63, 3.8) is 0 Å². The molecule has 0 aliphatic rings. The minimum atomic E-state index is -0.533. The molecule has 0 heterocycles. The van der Waals surface area contributed by atoms with Crippen molar-refractivity contribution in [2.24, 2.45) is 0 Å². The van der Waals surface area contributed by atoms with Gasteiger partial charge in [-0.15, -0.1) is 0 Å². The zero-order valence-corrected chi connectivity index (χ0v) is 10.1. The lowest BCUT2D eigenvalue weighted by Crippen LogP contribution is -2.34. The van der Waals surface area contributed by atoms with Crippen molar-refractivity contribution in [1.29, 1.82) is 0 Å². The maximum Gasteiger partial charge on any atom is 0.407 e. The van der Waals surface area contributed by atoms with E-state index in [9.17, 15) is 9.59 Å². The molecule has 1 rings (SSSR count). The molecule has 0 atom stereocenters. The predicted molar refractivity (Wildman–Crippen MR) is 65.0 cm³/mol. The summed E-state index contributed by atoms with van der Waals surface area (Å²) in [6, 6.07) is 9.37. The summed E-state index contributed by atoms with van der Waals surface area (Å²) in [7, 11) is 1.27. The maximum atomic E-state index is 11.3. The topological polar surface area (TPSA) is 76.7 Å². The standard InChI is InChI=1S/C12H16N2O4/c1-17-11(15)13-7-8-14-12(16)18-9-10-5-3-2-4-6-10/h2-6H,7-9H2,1H3,(H,13,15)(H,14,16). The third kappa shape index (κ3) is 5.74. The van der Waals surface area contributed by atoms with E-state index in [2.05, 4.69) is 15.4 Å². The van der Waals surface area contributed by atoms with Crippen LogP contribution in [0.15, 0.2) is 30.3 Å². The summed E-state index contributed by atoms with van der Waals surface area (Å²) in [5.41, 5.74) is 0.917. The van der Waals surface area contributed by atoms with Crippen LogP contribution in [0.4, 0.5) is 9.59 Å². The fraction of sp³-hybridized carbons (Fsp3) is 0.333. The highest BCUT2D eigenvalue weighted by Crippen LogP contribution is 2.00. The number of hydrogen-bond acceptors (Lipinski definition) is 4. The summed E-state index contributed by atoms with van der Waals surface area (Å²) in [5, 5.41) is 4.93. The van der Waals surface area contributed by atoms with Gasteiger partial charge in [-0.25, -0.2) is 9.59 Å². The highest BCUT2D eigenvalue weighted by molar-refractivity contribution is 5.68. The van der Waals surface area contributed by atoms with Crippen molar-refractivity contribution >= 4 is 12.2 Å². The Hall–Kier alpha value is -2.24. The number of amides is 2. The van der Waals surface area contributed by atoms with E-state index < -0.39 is 12.2 Å². The number of alkyl carbamates (subject to hydrolysis) is 2. The van der Waals surface area contributed by atoms with Gasteiger partial charge in [-0.05, 0) is 5.56 Å². The molecule has 0 saturated carbocycles. The van der Waals surface area contributed by atoms with Gasteiger partial charge in [0.05, 0.1) is 7.11 Å². The van der Waals surface area contributed by atoms with Crippen LogP contribution in [-0.2, 0) is 16.1 Å². The number of carbonyl (C=O) groups is 2. The van der Waals surface area contributed by atoms with Gasteiger partial charge < -0.3 is 20.1 Å². The van der Waals surface area contributed by atoms with E-state index in [1.54, 1.807) is 0 Å². The summed E-state index contributed by atoms with van der Waals surface area (Å²) in [5.74, 6) is 0. The molecular weight excluding hydrogens is 236 g/mol. The quantitative estimate of drug-likeness (QED) is 0.774. The smallest absolute Gasteiger partial charge is 0.407 e. The Morgan fingerprint density at radius 2 is 1.67 bits per heavy atom. The number of methoxy groups -OCH3 is 1. The number of hydrogen-bond donors (Lipinski definition) is 2. The van der Waals surface area contributed by atoms with Crippen LogP contribution < -0.4 is 10.6 Å². The van der Waals surface area contributed by atoms with Crippen LogP contribution in [0.3, 0.4) is 0 Å². The third-order valence-electron chi connectivity index (χ3n) is 2.06. The summed E-state index contributed by atoms with van der Waals surface area (Å²) in [6.45, 7) is 0.785. The molecule has 0 unspecified atom stereocenters. The molecule has 0 spiro atoms. The Kier molecular flexibility index (Phi) is 6.10. The Bertz CT molecular complexity index is 381. The van der Waals surface area contributed by atoms with Crippen LogP contribution in [0.5, 0.6) is 0 Å². The lowest BCUT2D eigenvalue weighted by molar-refractivity contribution is 0.139. The van der Waals surface area contributed by atoms with Crippen LogP contribution in [0.25, 0.3) is 0 Å². The highest BCUT2D eigenvalue weighted by Gasteiger charge is 2.02. The number of rotatable bonds is 5. The van der Waals surface area contributed by atoms with E-state index in [0.29, 0.717) is 0 Å². The average molecular weight is 252 g/mol. The first-order valence-corrected chi connectivity index (χ1v) is 5.48. The van der Waals surface area contributed by atoms with Crippen LogP contribution in [0, 0.1) is 0 Å². The summed E-state index contributed by atoms with van der Waals surface area (Å²) >= 11 is 0. The maximum absolute atomic E-state index is 11.3. The Morgan fingerprint density at radius 3 is 2.28 bits per heavy atom. The largest absolute Gasteiger partial charge is 0.453 e. The van der Waals surface area contributed by atoms with E-state index >= 15 is 0 Å². The van der Waals surface area contributed by atoms with Crippen molar-refractivity contribution in [3.05, 3.63) is 35.9 Å². The van der Waals surface area contributed by atoms with Crippen LogP contribution in [0.2, 0.25) is 0 Å². The second-order valence-electron chi connectivity index (χ2n) is 3.41. The van der Waals surface area contributed by atoms with Crippen molar-refractivity contribution in [1.82, 2.24) is 10.6 Å². The van der Waals surface area contributed by atoms with Gasteiger partial charge in [0.25, 0.3) is 0 Å². The van der Waals surface area contributed by atoms with Gasteiger partial charge in [0.15, 0.2) is 0 Å². The summed E-state index contributed by atoms with van der Waals surface area (Å²) < 4.78 is 9.34. The van der Waals surface area contributed by atoms with Gasteiger partial charge in [0, 0.05) is 13.1 Å². The van der Waals surface area contributed by atoms with Crippen molar-refractivity contribution in [3.8, 4) is 0 Å². The van der Waals surface area contributed by atoms with Crippen molar-refractivity contribution in [2.45, 2.75) is 6.61 Å². The SMILES string of the molecule is COC(=O)NCCNC(=O)OCc1ccccc1. The molecule has 1 aromatic rings. The zero-order chi connectivity index (χ0) is 13.2. The van der Waals surface area contributed by atoms with E-state index in [1.807, 2.05) is 30.3 Å². The first-order chi connectivity index (χ1) is 8.72. The third-order valence-corrected chi connectivity index (χ3v) is 2.06. The number of carbonyl (C=O) groups excluding carboxylic acids is 2. The second-order valence-corrected chi connectivity index (χ2v) is 3.41. The summed E-state index contributed by atoms with van der Waals surface area (Å²) in [6.07, 6.45) is -1.06. The number of ether oxygens (including phenoxy) is 2. The molecule has 98 valence electrons. The molecule has 0 saturated heterocycles. The first kappa shape index (κ1) is 13.8. The first-order valence-electron chi connectivity index (χ1n) is 5.48. The van der Waals surface area contributed by atoms with Crippen LogP contribution in [-0.4, -0.2) is 32.4 Å².